The van der Waals surface area contributed by atoms with Crippen molar-refractivity contribution in [3.8, 4) is 0 Å². The molecule has 3 fully saturated rings. The summed E-state index contributed by atoms with van der Waals surface area (Å²) in [6.07, 6.45) is 17.2. The van der Waals surface area contributed by atoms with Crippen molar-refractivity contribution in [1.29, 1.82) is 0 Å². The van der Waals surface area contributed by atoms with E-state index in [2.05, 4.69) is 40.7 Å². The number of allylic oxidation sites excluding steroid dienone is 1. The standard InChI is InChI=1S/C27H46O.Ca.2ClH/c1-18(2)7-6-8-19(3)23-11-12-24-22-10-9-20-17-21(28)13-15-26(20,4)25(22)14-16-27(23,24)5;;;/h9,18-19,21-25,28H,6-8,10-17H2,1-5H3;;2*1H/q;+2;;/p-2/t19?,21-,22-,23+,24-,25-,26-,27+;;;/m0.../s1. The average molecular weight is 498 g/mol. The molecule has 3 saturated carbocycles. The zero-order chi connectivity index (χ0) is 20.1. The number of aliphatic hydroxyl groups excluding tert-OH is 1. The molecule has 176 valence electrons. The maximum Gasteiger partial charge on any atom is 2.00 e. The molecular weight excluding hydrogens is 451 g/mol. The summed E-state index contributed by atoms with van der Waals surface area (Å²) in [6, 6.07) is 0. The minimum atomic E-state index is -0.0766. The van der Waals surface area contributed by atoms with Crippen LogP contribution in [0.5, 0.6) is 0 Å². The van der Waals surface area contributed by atoms with Gasteiger partial charge in [-0.05, 0) is 97.7 Å². The summed E-state index contributed by atoms with van der Waals surface area (Å²) >= 11 is 0. The molecule has 4 rings (SSSR count). The molecule has 1 unspecified atom stereocenters. The largest absolute Gasteiger partial charge is 2.00 e. The summed E-state index contributed by atoms with van der Waals surface area (Å²) < 4.78 is 0. The molecule has 0 bridgehead atoms. The van der Waals surface area contributed by atoms with Crippen molar-refractivity contribution in [2.75, 3.05) is 0 Å². The second-order valence-corrected chi connectivity index (χ2v) is 12.2. The maximum absolute atomic E-state index is 10.2. The van der Waals surface area contributed by atoms with Crippen molar-refractivity contribution in [3.05, 3.63) is 11.6 Å². The Bertz CT molecular complexity index is 608. The van der Waals surface area contributed by atoms with Crippen LogP contribution in [-0.2, 0) is 0 Å². The Hall–Kier alpha value is 1.54. The first-order valence-electron chi connectivity index (χ1n) is 12.6. The van der Waals surface area contributed by atoms with E-state index in [1.165, 1.54) is 57.8 Å². The van der Waals surface area contributed by atoms with Gasteiger partial charge in [-0.25, -0.2) is 0 Å². The Morgan fingerprint density at radius 3 is 2.35 bits per heavy atom. The molecule has 0 amide bonds. The molecule has 8 atom stereocenters. The molecule has 4 heteroatoms. The Labute approximate surface area is 235 Å². The van der Waals surface area contributed by atoms with E-state index >= 15 is 0 Å². The normalized spacial score (nSPS) is 42.0. The van der Waals surface area contributed by atoms with Crippen LogP contribution in [-0.4, -0.2) is 48.9 Å². The third-order valence-electron chi connectivity index (χ3n) is 10.3. The monoisotopic (exact) mass is 496 g/mol. The summed E-state index contributed by atoms with van der Waals surface area (Å²) in [4.78, 5) is 0. The van der Waals surface area contributed by atoms with Gasteiger partial charge in [0, 0.05) is 0 Å². The SMILES string of the molecule is CC(C)CCCC(C)[C@H]1CC[C@H]2[C@@H]3CC=C4C[C@@H](O)CC[C@]4(C)[C@H]3CC[C@]12C.[Ca+2].[Cl-].[Cl-]. The molecule has 0 aromatic carbocycles. The van der Waals surface area contributed by atoms with E-state index in [-0.39, 0.29) is 68.7 Å². The summed E-state index contributed by atoms with van der Waals surface area (Å²) in [7, 11) is 0. The summed E-state index contributed by atoms with van der Waals surface area (Å²) in [5.41, 5.74) is 2.60. The van der Waals surface area contributed by atoms with Crippen LogP contribution in [0.1, 0.15) is 105 Å². The zero-order valence-electron chi connectivity index (χ0n) is 20.8. The fourth-order valence-electron chi connectivity index (χ4n) is 8.67. The van der Waals surface area contributed by atoms with E-state index in [1.54, 1.807) is 5.57 Å². The van der Waals surface area contributed by atoms with E-state index in [4.69, 9.17) is 0 Å². The van der Waals surface area contributed by atoms with E-state index in [0.717, 1.165) is 48.3 Å². The van der Waals surface area contributed by atoms with Gasteiger partial charge in [-0.3, -0.25) is 0 Å². The van der Waals surface area contributed by atoms with Gasteiger partial charge in [-0.1, -0.05) is 65.5 Å². The van der Waals surface area contributed by atoms with Gasteiger partial charge >= 0.3 is 37.7 Å². The molecule has 4 aliphatic rings. The van der Waals surface area contributed by atoms with Gasteiger partial charge in [0.2, 0.25) is 0 Å². The minimum Gasteiger partial charge on any atom is -1.00 e. The van der Waals surface area contributed by atoms with Gasteiger partial charge in [0.25, 0.3) is 0 Å². The first-order chi connectivity index (χ1) is 13.3. The van der Waals surface area contributed by atoms with E-state index in [0.29, 0.717) is 10.8 Å². The predicted octanol–water partition coefficient (Wildman–Crippen LogP) is 1.02. The number of aliphatic hydroxyl groups is 1. The van der Waals surface area contributed by atoms with Gasteiger partial charge in [-0.15, -0.1) is 0 Å². The van der Waals surface area contributed by atoms with Gasteiger partial charge < -0.3 is 29.9 Å². The van der Waals surface area contributed by atoms with Crippen LogP contribution < -0.4 is 24.8 Å². The van der Waals surface area contributed by atoms with Crippen LogP contribution in [0.2, 0.25) is 0 Å². The fourth-order valence-corrected chi connectivity index (χ4v) is 8.67. The molecule has 0 radical (unpaired) electrons. The molecule has 0 aromatic heterocycles. The molecule has 31 heavy (non-hydrogen) atoms. The Balaban J connectivity index is 0.00000160. The molecule has 0 heterocycles. The molecule has 0 saturated heterocycles. The summed E-state index contributed by atoms with van der Waals surface area (Å²) in [5, 5.41) is 10.2. The number of hydrogen-bond donors (Lipinski definition) is 1. The molecule has 0 spiro atoms. The fraction of sp³-hybridized carbons (Fsp3) is 0.926. The third-order valence-corrected chi connectivity index (χ3v) is 10.3. The van der Waals surface area contributed by atoms with Gasteiger partial charge in [0.1, 0.15) is 0 Å². The Morgan fingerprint density at radius 1 is 0.968 bits per heavy atom. The van der Waals surface area contributed by atoms with Crippen LogP contribution in [0.15, 0.2) is 11.6 Å². The van der Waals surface area contributed by atoms with Crippen molar-refractivity contribution in [3.63, 3.8) is 0 Å². The first kappa shape index (κ1) is 30.6. The smallest absolute Gasteiger partial charge is 1.00 e. The van der Waals surface area contributed by atoms with Crippen molar-refractivity contribution >= 4 is 37.7 Å². The second kappa shape index (κ2) is 12.0. The van der Waals surface area contributed by atoms with Gasteiger partial charge in [0.15, 0.2) is 0 Å². The predicted molar refractivity (Wildman–Crippen MR) is 125 cm³/mol. The van der Waals surface area contributed by atoms with Crippen LogP contribution >= 0.6 is 0 Å². The zero-order valence-corrected chi connectivity index (χ0v) is 24.5. The van der Waals surface area contributed by atoms with E-state index < -0.39 is 0 Å². The quantitative estimate of drug-likeness (QED) is 0.444. The number of rotatable bonds is 5. The van der Waals surface area contributed by atoms with Crippen LogP contribution in [0.4, 0.5) is 0 Å². The van der Waals surface area contributed by atoms with Gasteiger partial charge in [-0.2, -0.15) is 0 Å². The van der Waals surface area contributed by atoms with E-state index in [9.17, 15) is 5.11 Å². The molecular formula is C27H46CaCl2O. The van der Waals surface area contributed by atoms with Crippen molar-refractivity contribution in [1.82, 2.24) is 0 Å². The molecule has 1 nitrogen and oxygen atoms in total. The topological polar surface area (TPSA) is 20.2 Å². The van der Waals surface area contributed by atoms with Crippen molar-refractivity contribution < 1.29 is 29.9 Å². The Morgan fingerprint density at radius 2 is 1.68 bits per heavy atom. The average Bonchev–Trinajstić information content (AvgIpc) is 2.99. The molecule has 0 aromatic rings. The van der Waals surface area contributed by atoms with Crippen LogP contribution in [0.3, 0.4) is 0 Å². The van der Waals surface area contributed by atoms with Crippen molar-refractivity contribution in [2.45, 2.75) is 111 Å². The molecule has 1 N–H and O–H groups in total. The maximum atomic E-state index is 10.2. The number of fused-ring (bicyclic) bond motifs is 5. The van der Waals surface area contributed by atoms with Crippen LogP contribution in [0.25, 0.3) is 0 Å². The third kappa shape index (κ3) is 5.69. The van der Waals surface area contributed by atoms with Crippen molar-refractivity contribution in [2.24, 2.45) is 46.3 Å². The number of halogens is 2. The molecule has 0 aliphatic heterocycles. The summed E-state index contributed by atoms with van der Waals surface area (Å²) in [6.45, 7) is 12.6. The minimum absolute atomic E-state index is 0. The van der Waals surface area contributed by atoms with Gasteiger partial charge in [0.05, 0.1) is 6.10 Å². The molecule has 4 aliphatic carbocycles. The van der Waals surface area contributed by atoms with Crippen LogP contribution in [0, 0.1) is 46.3 Å². The first-order valence-corrected chi connectivity index (χ1v) is 12.6. The van der Waals surface area contributed by atoms with E-state index in [1.807, 2.05) is 0 Å². The summed E-state index contributed by atoms with van der Waals surface area (Å²) in [5.74, 6) is 5.46. The Kier molecular flexibility index (Phi) is 11.8. The number of hydrogen-bond acceptors (Lipinski definition) is 1. The second-order valence-electron chi connectivity index (χ2n) is 12.2.